The highest BCUT2D eigenvalue weighted by atomic mass is 14.9. The highest BCUT2D eigenvalue weighted by Crippen LogP contribution is 2.09. The van der Waals surface area contributed by atoms with Crippen molar-refractivity contribution in [3.8, 4) is 0 Å². The number of pyridine rings is 2. The van der Waals surface area contributed by atoms with Crippen LogP contribution in [0.15, 0.2) is 30.5 Å². The van der Waals surface area contributed by atoms with Gasteiger partial charge in [-0.25, -0.2) is 9.97 Å². The van der Waals surface area contributed by atoms with Crippen molar-refractivity contribution < 1.29 is 0 Å². The molecular weight excluding hydrogens is 138 g/mol. The van der Waals surface area contributed by atoms with Gasteiger partial charge >= 0.3 is 0 Å². The minimum Gasteiger partial charge on any atom is -0.384 e. The van der Waals surface area contributed by atoms with Gasteiger partial charge < -0.3 is 5.73 Å². The first-order chi connectivity index (χ1) is 5.36. The Balaban J connectivity index is 2.83. The Kier molecular flexibility index (Phi) is 1.22. The smallest absolute Gasteiger partial charge is 0.161 e. The molecule has 0 saturated carbocycles. The molecule has 0 radical (unpaired) electrons. The number of rotatable bonds is 0. The molecule has 3 heteroatoms. The molecule has 2 rings (SSSR count). The third-order valence-corrected chi connectivity index (χ3v) is 1.49. The summed E-state index contributed by atoms with van der Waals surface area (Å²) in [6, 6.07) is 7.50. The predicted molar refractivity (Wildman–Crippen MR) is 44.0 cm³/mol. The molecule has 2 aromatic rings. The number of anilines is 1. The molecule has 0 unspecified atom stereocenters. The number of nitrogen functional groups attached to an aromatic ring is 1. The van der Waals surface area contributed by atoms with Gasteiger partial charge in [0.25, 0.3) is 0 Å². The van der Waals surface area contributed by atoms with Crippen molar-refractivity contribution in [3.63, 3.8) is 0 Å². The van der Waals surface area contributed by atoms with Crippen molar-refractivity contribution in [3.05, 3.63) is 30.5 Å². The average molecular weight is 145 g/mol. The molecule has 0 fully saturated rings. The third kappa shape index (κ3) is 1.00. The zero-order valence-electron chi connectivity index (χ0n) is 5.86. The normalized spacial score (nSPS) is 10.2. The molecule has 0 amide bonds. The zero-order valence-corrected chi connectivity index (χ0v) is 5.86. The molecule has 0 spiro atoms. The largest absolute Gasteiger partial charge is 0.384 e. The first kappa shape index (κ1) is 6.09. The fourth-order valence-corrected chi connectivity index (χ4v) is 0.968. The van der Waals surface area contributed by atoms with E-state index in [1.807, 2.05) is 18.2 Å². The molecular formula is C8H7N3. The molecule has 2 N–H and O–H groups in total. The zero-order chi connectivity index (χ0) is 7.68. The summed E-state index contributed by atoms with van der Waals surface area (Å²) in [5.74, 6) is 0.510. The van der Waals surface area contributed by atoms with Gasteiger partial charge in [0.15, 0.2) is 5.65 Å². The molecule has 2 heterocycles. The molecule has 0 aliphatic rings. The Morgan fingerprint density at radius 1 is 1.18 bits per heavy atom. The Labute approximate surface area is 63.9 Å². The molecule has 0 aliphatic carbocycles. The number of nitrogens with two attached hydrogens (primary N) is 1. The van der Waals surface area contributed by atoms with E-state index < -0.39 is 0 Å². The second kappa shape index (κ2) is 2.20. The molecule has 54 valence electrons. The van der Waals surface area contributed by atoms with Gasteiger partial charge in [0.1, 0.15) is 5.82 Å². The van der Waals surface area contributed by atoms with Gasteiger partial charge in [0.2, 0.25) is 0 Å². The third-order valence-electron chi connectivity index (χ3n) is 1.49. The minimum absolute atomic E-state index is 0.510. The molecule has 0 bridgehead atoms. The van der Waals surface area contributed by atoms with Gasteiger partial charge in [0.05, 0.1) is 0 Å². The van der Waals surface area contributed by atoms with Gasteiger partial charge in [-0.1, -0.05) is 0 Å². The lowest BCUT2D eigenvalue weighted by Crippen LogP contribution is -1.90. The van der Waals surface area contributed by atoms with Gasteiger partial charge in [-0.3, -0.25) is 0 Å². The quantitative estimate of drug-likeness (QED) is 0.606. The number of aromatic nitrogens is 2. The monoisotopic (exact) mass is 145 g/mol. The van der Waals surface area contributed by atoms with Crippen LogP contribution in [0.1, 0.15) is 0 Å². The second-order valence-electron chi connectivity index (χ2n) is 2.29. The van der Waals surface area contributed by atoms with E-state index in [0.29, 0.717) is 11.5 Å². The van der Waals surface area contributed by atoms with E-state index in [4.69, 9.17) is 5.73 Å². The predicted octanol–water partition coefficient (Wildman–Crippen LogP) is 1.21. The van der Waals surface area contributed by atoms with Gasteiger partial charge in [-0.15, -0.1) is 0 Å². The summed E-state index contributed by atoms with van der Waals surface area (Å²) < 4.78 is 0. The van der Waals surface area contributed by atoms with Crippen LogP contribution in [-0.2, 0) is 0 Å². The summed E-state index contributed by atoms with van der Waals surface area (Å²) in [5, 5.41) is 1.02. The summed E-state index contributed by atoms with van der Waals surface area (Å²) in [6.07, 6.45) is 1.70. The fraction of sp³-hybridized carbons (Fsp3) is 0. The van der Waals surface area contributed by atoms with Crippen LogP contribution < -0.4 is 5.73 Å². The molecule has 0 atom stereocenters. The average Bonchev–Trinajstić information content (AvgIpc) is 2.04. The highest BCUT2D eigenvalue weighted by molar-refractivity contribution is 5.75. The maximum absolute atomic E-state index is 5.47. The molecule has 11 heavy (non-hydrogen) atoms. The molecule has 0 aromatic carbocycles. The SMILES string of the molecule is Nc1ccc2cccnc2n1. The van der Waals surface area contributed by atoms with Crippen molar-refractivity contribution in [2.24, 2.45) is 0 Å². The van der Waals surface area contributed by atoms with Crippen LogP contribution in [0.2, 0.25) is 0 Å². The van der Waals surface area contributed by atoms with Crippen LogP contribution in [0, 0.1) is 0 Å². The number of hydrogen-bond acceptors (Lipinski definition) is 3. The minimum atomic E-state index is 0.510. The van der Waals surface area contributed by atoms with Gasteiger partial charge in [-0.05, 0) is 24.3 Å². The van der Waals surface area contributed by atoms with E-state index in [-0.39, 0.29) is 0 Å². The summed E-state index contributed by atoms with van der Waals surface area (Å²) in [7, 11) is 0. The fourth-order valence-electron chi connectivity index (χ4n) is 0.968. The van der Waals surface area contributed by atoms with Crippen LogP contribution in [0.25, 0.3) is 11.0 Å². The lowest BCUT2D eigenvalue weighted by atomic mass is 10.3. The highest BCUT2D eigenvalue weighted by Gasteiger charge is 1.92. The van der Waals surface area contributed by atoms with Crippen molar-refractivity contribution >= 4 is 16.9 Å². The maximum atomic E-state index is 5.47. The Bertz CT molecular complexity index is 384. The Hall–Kier alpha value is -1.64. The standard InChI is InChI=1S/C8H7N3/c9-7-4-3-6-2-1-5-10-8(6)11-7/h1-5H,(H2,9,10,11). The molecule has 0 saturated heterocycles. The van der Waals surface area contributed by atoms with Crippen LogP contribution in [0.4, 0.5) is 5.82 Å². The number of hydrogen-bond donors (Lipinski definition) is 1. The number of fused-ring (bicyclic) bond motifs is 1. The van der Waals surface area contributed by atoms with Crippen LogP contribution in [0.3, 0.4) is 0 Å². The lowest BCUT2D eigenvalue weighted by molar-refractivity contribution is 1.29. The van der Waals surface area contributed by atoms with E-state index in [9.17, 15) is 0 Å². The van der Waals surface area contributed by atoms with E-state index in [1.54, 1.807) is 12.3 Å². The van der Waals surface area contributed by atoms with E-state index >= 15 is 0 Å². The van der Waals surface area contributed by atoms with E-state index in [1.165, 1.54) is 0 Å². The molecule has 3 nitrogen and oxygen atoms in total. The number of nitrogens with zero attached hydrogens (tertiary/aromatic N) is 2. The topological polar surface area (TPSA) is 51.8 Å². The maximum Gasteiger partial charge on any atom is 0.161 e. The second-order valence-corrected chi connectivity index (χ2v) is 2.29. The molecule has 2 aromatic heterocycles. The van der Waals surface area contributed by atoms with E-state index in [0.717, 1.165) is 5.39 Å². The van der Waals surface area contributed by atoms with Crippen LogP contribution >= 0.6 is 0 Å². The van der Waals surface area contributed by atoms with Gasteiger partial charge in [0, 0.05) is 11.6 Å². The summed E-state index contributed by atoms with van der Waals surface area (Å²) >= 11 is 0. The van der Waals surface area contributed by atoms with Crippen LogP contribution in [-0.4, -0.2) is 9.97 Å². The summed E-state index contributed by atoms with van der Waals surface area (Å²) in [4.78, 5) is 8.09. The van der Waals surface area contributed by atoms with Crippen molar-refractivity contribution in [2.75, 3.05) is 5.73 Å². The summed E-state index contributed by atoms with van der Waals surface area (Å²) in [5.41, 5.74) is 6.17. The molecule has 0 aliphatic heterocycles. The van der Waals surface area contributed by atoms with E-state index in [2.05, 4.69) is 9.97 Å². The van der Waals surface area contributed by atoms with Crippen molar-refractivity contribution in [2.45, 2.75) is 0 Å². The van der Waals surface area contributed by atoms with Gasteiger partial charge in [-0.2, -0.15) is 0 Å². The first-order valence-corrected chi connectivity index (χ1v) is 3.33. The Morgan fingerprint density at radius 2 is 2.09 bits per heavy atom. The Morgan fingerprint density at radius 3 is 3.00 bits per heavy atom. The van der Waals surface area contributed by atoms with Crippen molar-refractivity contribution in [1.29, 1.82) is 0 Å². The van der Waals surface area contributed by atoms with Crippen LogP contribution in [0.5, 0.6) is 0 Å². The van der Waals surface area contributed by atoms with Crippen molar-refractivity contribution in [1.82, 2.24) is 9.97 Å². The first-order valence-electron chi connectivity index (χ1n) is 3.33. The summed E-state index contributed by atoms with van der Waals surface area (Å²) in [6.45, 7) is 0. The lowest BCUT2D eigenvalue weighted by Gasteiger charge is -1.94.